The van der Waals surface area contributed by atoms with Crippen molar-refractivity contribution in [1.29, 1.82) is 5.41 Å². The van der Waals surface area contributed by atoms with Gasteiger partial charge >= 0.3 is 12.0 Å². The lowest BCUT2D eigenvalue weighted by atomic mass is 10.1. The van der Waals surface area contributed by atoms with E-state index >= 15 is 0 Å². The standard InChI is InChI=1S/C11H16ClN5O3/c1-10(2)5-16(9(20)15-10)11(3)14-4-6(8(18)19)7(13)17(11)12/h4,13-14H,5H2,1-3H3,(H,15,20)(H,18,19). The smallest absolute Gasteiger partial charge is 0.340 e. The first-order chi connectivity index (χ1) is 9.08. The number of carbonyl (C=O) groups excluding carboxylic acids is 1. The molecule has 20 heavy (non-hydrogen) atoms. The van der Waals surface area contributed by atoms with Gasteiger partial charge in [-0.3, -0.25) is 10.3 Å². The Morgan fingerprint density at radius 1 is 1.50 bits per heavy atom. The largest absolute Gasteiger partial charge is 0.478 e. The van der Waals surface area contributed by atoms with Gasteiger partial charge in [0, 0.05) is 24.5 Å². The summed E-state index contributed by atoms with van der Waals surface area (Å²) in [6.07, 6.45) is 1.18. The van der Waals surface area contributed by atoms with Crippen molar-refractivity contribution < 1.29 is 14.7 Å². The van der Waals surface area contributed by atoms with E-state index in [1.165, 1.54) is 11.1 Å². The fourth-order valence-electron chi connectivity index (χ4n) is 2.22. The summed E-state index contributed by atoms with van der Waals surface area (Å²) >= 11 is 6.07. The summed E-state index contributed by atoms with van der Waals surface area (Å²) in [6, 6.07) is -0.337. The summed E-state index contributed by atoms with van der Waals surface area (Å²) < 4.78 is 0.914. The molecule has 1 fully saturated rings. The maximum Gasteiger partial charge on any atom is 0.340 e. The lowest BCUT2D eigenvalue weighted by Crippen LogP contribution is -2.67. The summed E-state index contributed by atoms with van der Waals surface area (Å²) in [7, 11) is 0. The van der Waals surface area contributed by atoms with Gasteiger partial charge in [0.25, 0.3) is 0 Å². The van der Waals surface area contributed by atoms with Crippen molar-refractivity contribution in [3.8, 4) is 0 Å². The minimum atomic E-state index is -1.26. The lowest BCUT2D eigenvalue weighted by Gasteiger charge is -2.46. The molecule has 9 heteroatoms. The van der Waals surface area contributed by atoms with E-state index in [1.807, 2.05) is 13.8 Å². The zero-order valence-electron chi connectivity index (χ0n) is 11.3. The van der Waals surface area contributed by atoms with E-state index < -0.39 is 17.3 Å². The Hall–Kier alpha value is -1.96. The van der Waals surface area contributed by atoms with Crippen LogP contribution in [0.5, 0.6) is 0 Å². The van der Waals surface area contributed by atoms with Crippen molar-refractivity contribution in [3.63, 3.8) is 0 Å². The molecule has 0 saturated carbocycles. The number of carbonyl (C=O) groups is 2. The van der Waals surface area contributed by atoms with Crippen molar-refractivity contribution in [2.24, 2.45) is 0 Å². The molecule has 2 aliphatic rings. The Bertz CT molecular complexity index is 532. The number of carboxylic acid groups (broad SMARTS) is 1. The number of hydrogen-bond donors (Lipinski definition) is 4. The third kappa shape index (κ3) is 2.05. The molecule has 2 rings (SSSR count). The highest BCUT2D eigenvalue weighted by atomic mass is 35.5. The molecule has 0 bridgehead atoms. The quantitative estimate of drug-likeness (QED) is 0.554. The van der Waals surface area contributed by atoms with Gasteiger partial charge in [0.2, 0.25) is 5.79 Å². The number of carboxylic acids is 1. The van der Waals surface area contributed by atoms with Gasteiger partial charge in [0.15, 0.2) is 5.84 Å². The number of halogens is 1. The molecule has 0 aromatic rings. The zero-order valence-corrected chi connectivity index (χ0v) is 12.1. The van der Waals surface area contributed by atoms with Gasteiger partial charge in [0.1, 0.15) is 5.57 Å². The third-order valence-corrected chi connectivity index (χ3v) is 3.82. The van der Waals surface area contributed by atoms with Crippen LogP contribution >= 0.6 is 11.8 Å². The third-order valence-electron chi connectivity index (χ3n) is 3.32. The van der Waals surface area contributed by atoms with Gasteiger partial charge in [-0.25, -0.2) is 14.0 Å². The number of amides is 2. The van der Waals surface area contributed by atoms with Crippen molar-refractivity contribution in [2.75, 3.05) is 6.54 Å². The Morgan fingerprint density at radius 2 is 2.10 bits per heavy atom. The molecule has 0 aliphatic carbocycles. The molecule has 2 heterocycles. The molecule has 0 spiro atoms. The maximum absolute atomic E-state index is 12.0. The highest BCUT2D eigenvalue weighted by Crippen LogP contribution is 2.30. The number of aliphatic carboxylic acids is 1. The molecular formula is C11H16ClN5O3. The predicted molar refractivity (Wildman–Crippen MR) is 72.0 cm³/mol. The SMILES string of the molecule is CC1(C)CN(C2(C)NC=C(C(=O)O)C(=N)N2Cl)C(=O)N1. The molecule has 110 valence electrons. The fraction of sp³-hybridized carbons (Fsp3) is 0.545. The van der Waals surface area contributed by atoms with E-state index in [1.54, 1.807) is 6.92 Å². The number of rotatable bonds is 2. The normalized spacial score (nSPS) is 28.9. The minimum absolute atomic E-state index is 0.267. The van der Waals surface area contributed by atoms with Crippen LogP contribution < -0.4 is 10.6 Å². The Morgan fingerprint density at radius 3 is 2.55 bits per heavy atom. The molecule has 0 radical (unpaired) electrons. The topological polar surface area (TPSA) is 109 Å². The number of hydrogen-bond acceptors (Lipinski definition) is 4. The van der Waals surface area contributed by atoms with Crippen LogP contribution in [0, 0.1) is 5.41 Å². The molecule has 1 saturated heterocycles. The van der Waals surface area contributed by atoms with Crippen LogP contribution in [-0.4, -0.2) is 50.1 Å². The molecular weight excluding hydrogens is 286 g/mol. The molecule has 8 nitrogen and oxygen atoms in total. The van der Waals surface area contributed by atoms with Gasteiger partial charge in [-0.15, -0.1) is 0 Å². The highest BCUT2D eigenvalue weighted by molar-refractivity contribution is 6.30. The van der Waals surface area contributed by atoms with Crippen LogP contribution in [0.3, 0.4) is 0 Å². The van der Waals surface area contributed by atoms with E-state index in [2.05, 4.69) is 10.6 Å². The summed E-state index contributed by atoms with van der Waals surface area (Å²) in [5.74, 6) is -2.85. The summed E-state index contributed by atoms with van der Waals surface area (Å²) in [5.41, 5.74) is -0.699. The number of urea groups is 1. The van der Waals surface area contributed by atoms with Gasteiger partial charge in [-0.1, -0.05) is 0 Å². The first-order valence-corrected chi connectivity index (χ1v) is 6.28. The molecule has 2 amide bonds. The minimum Gasteiger partial charge on any atom is -0.478 e. The predicted octanol–water partition coefficient (Wildman–Crippen LogP) is 0.469. The second-order valence-electron chi connectivity index (χ2n) is 5.56. The van der Waals surface area contributed by atoms with Crippen LogP contribution in [0.15, 0.2) is 11.8 Å². The van der Waals surface area contributed by atoms with Crippen LogP contribution in [-0.2, 0) is 4.79 Å². The van der Waals surface area contributed by atoms with Gasteiger partial charge in [0.05, 0.1) is 5.54 Å². The Kier molecular flexibility index (Phi) is 3.09. The molecule has 2 aliphatic heterocycles. The monoisotopic (exact) mass is 301 g/mol. The summed E-state index contributed by atoms with van der Waals surface area (Å²) in [6.45, 7) is 5.69. The molecule has 4 N–H and O–H groups in total. The highest BCUT2D eigenvalue weighted by Gasteiger charge is 2.50. The Labute approximate surface area is 121 Å². The fourth-order valence-corrected chi connectivity index (χ4v) is 2.45. The average molecular weight is 302 g/mol. The second-order valence-corrected chi connectivity index (χ2v) is 5.90. The van der Waals surface area contributed by atoms with Gasteiger partial charge in [-0.2, -0.15) is 0 Å². The van der Waals surface area contributed by atoms with Crippen LogP contribution in [0.4, 0.5) is 4.79 Å². The van der Waals surface area contributed by atoms with E-state index in [0.29, 0.717) is 6.54 Å². The lowest BCUT2D eigenvalue weighted by molar-refractivity contribution is -0.132. The summed E-state index contributed by atoms with van der Waals surface area (Å²) in [5, 5.41) is 22.4. The zero-order chi connectivity index (χ0) is 15.3. The van der Waals surface area contributed by atoms with Gasteiger partial charge in [-0.05, 0) is 20.8 Å². The van der Waals surface area contributed by atoms with Crippen LogP contribution in [0.25, 0.3) is 0 Å². The van der Waals surface area contributed by atoms with E-state index in [0.717, 1.165) is 4.42 Å². The molecule has 0 aromatic carbocycles. The first-order valence-electron chi connectivity index (χ1n) is 5.94. The molecule has 1 unspecified atom stereocenters. The average Bonchev–Trinajstić information content (AvgIpc) is 2.60. The molecule has 0 aromatic heterocycles. The number of nitrogens with zero attached hydrogens (tertiary/aromatic N) is 2. The van der Waals surface area contributed by atoms with E-state index in [-0.39, 0.29) is 17.4 Å². The van der Waals surface area contributed by atoms with Gasteiger partial charge < -0.3 is 15.7 Å². The second kappa shape index (κ2) is 4.27. The van der Waals surface area contributed by atoms with Crippen molar-refractivity contribution in [2.45, 2.75) is 32.1 Å². The van der Waals surface area contributed by atoms with Crippen LogP contribution in [0.1, 0.15) is 20.8 Å². The summed E-state index contributed by atoms with van der Waals surface area (Å²) in [4.78, 5) is 24.4. The Balaban J connectivity index is 2.35. The number of amidine groups is 1. The van der Waals surface area contributed by atoms with Crippen molar-refractivity contribution in [1.82, 2.24) is 20.0 Å². The first kappa shape index (κ1) is 14.4. The van der Waals surface area contributed by atoms with Crippen molar-refractivity contribution >= 4 is 29.6 Å². The van der Waals surface area contributed by atoms with E-state index in [4.69, 9.17) is 22.3 Å². The molecule has 1 atom stereocenters. The maximum atomic E-state index is 12.0. The van der Waals surface area contributed by atoms with Crippen molar-refractivity contribution in [3.05, 3.63) is 11.8 Å². The van der Waals surface area contributed by atoms with E-state index in [9.17, 15) is 9.59 Å². The van der Waals surface area contributed by atoms with Crippen LogP contribution in [0.2, 0.25) is 0 Å². The number of nitrogens with one attached hydrogen (secondary N) is 3.